The number of piperidine rings is 1. The van der Waals surface area contributed by atoms with Crippen LogP contribution < -0.4 is 43.5 Å². The number of methoxy groups -OCH3 is 2. The summed E-state index contributed by atoms with van der Waals surface area (Å²) in [6.45, 7) is 24.5. The number of benzene rings is 4. The lowest BCUT2D eigenvalue weighted by atomic mass is 9.58. The van der Waals surface area contributed by atoms with Crippen molar-refractivity contribution in [1.82, 2.24) is 63.0 Å². The first kappa shape index (κ1) is 106. The predicted octanol–water partition coefficient (Wildman–Crippen LogP) is 17.2. The standard InChI is InChI=1S/C27H31F3N4O3S.C25H25F3N6O2.C25H27F3N4O3S.C24H24F3N5O2S/c1-16(17-6-5-7-18(21(17)28)22(29)30)33-23-19-12-20(25(35)34(2)24(19)32-15-31-23)27(37-3)10-8-26(9-11-27)13-38(4,36)14-26;1-14(16-6-5-7-17(20(16)26)21(27)28)32-22-18-12-19(24(36)33(4)23(18)31-13-30-22)25(29-3)8-10-34(11-9-25)15(2)35;1-14(15-6-5-7-16(19(15)26)20(27)28)31-21-17-8-18(23(33)32(2)22(17)30-13-29-21)25(35-3)9-24(10-25)11-36(4,34)12-24;1-14(15-6-5-7-16(19(15)25)20(26)27)31-21-17-12-18(23(33)32(3)22(17)30-13-29-21)24(28-2)8-10-35(4,34)11-9-24/h5-7,12,15-16,22H,4,8-11,13-14H2,1-3H3,(H,31,32,33);5-7,12-14,21H,8-11H2,1-2,4H3,(H,30,31,32);5-8,13-14,20H,4,9-12H2,1-3H3,(H,29,30,31);5-7,12-14,20H,4,8-11H2,1,3H3,(H,29,30,31)/t16-,26?,27?,38?;14-;14-,24?,25?,36?;14-,24?,35?/m1111/s1. The van der Waals surface area contributed by atoms with Gasteiger partial charge in [0.25, 0.3) is 59.0 Å². The highest BCUT2D eigenvalue weighted by Gasteiger charge is 2.63. The highest BCUT2D eigenvalue weighted by Crippen LogP contribution is 2.61. The van der Waals surface area contributed by atoms with Gasteiger partial charge in [-0.1, -0.05) is 72.8 Å². The molecule has 1 amide bonds. The van der Waals surface area contributed by atoms with Crippen LogP contribution in [0.2, 0.25) is 0 Å². The second-order valence-corrected chi connectivity index (χ2v) is 46.4. The number of anilines is 4. The molecule has 29 nitrogen and oxygen atoms in total. The zero-order valence-electron chi connectivity index (χ0n) is 81.1. The lowest BCUT2D eigenvalue weighted by molar-refractivity contribution is -0.148. The molecule has 0 radical (unpaired) electrons. The number of hydrogen-bond acceptors (Lipinski definition) is 22. The summed E-state index contributed by atoms with van der Waals surface area (Å²) in [5, 5.41) is 14.2. The van der Waals surface area contributed by atoms with Crippen molar-refractivity contribution < 1.29 is 79.6 Å². The fourth-order valence-electron chi connectivity index (χ4n) is 21.3. The Morgan fingerprint density at radius 3 is 0.924 bits per heavy atom. The number of carbonyl (C=O) groups excluding carboxylic acids is 1. The number of hydrogen-bond donors (Lipinski definition) is 4. The van der Waals surface area contributed by atoms with Crippen molar-refractivity contribution in [3.8, 4) is 0 Å². The molecule has 8 aromatic heterocycles. The summed E-state index contributed by atoms with van der Waals surface area (Å²) in [5.41, 5.74) is -5.07. The largest absolute Gasteiger partial charge is 0.373 e. The van der Waals surface area contributed by atoms with Gasteiger partial charge >= 0.3 is 0 Å². The molecule has 4 N–H and O–H groups in total. The van der Waals surface area contributed by atoms with E-state index in [-0.39, 0.29) is 108 Å². The quantitative estimate of drug-likeness (QED) is 0.0278. The summed E-state index contributed by atoms with van der Waals surface area (Å²) in [5.74, 6) is 11.3. The number of nitrogens with zero attached hydrogens (tertiary/aromatic N) is 15. The molecular weight excluding hydrogens is 1960 g/mol. The third-order valence-corrected chi connectivity index (χ3v) is 35.6. The van der Waals surface area contributed by atoms with Gasteiger partial charge in [-0.2, -0.15) is 0 Å². The summed E-state index contributed by atoms with van der Waals surface area (Å²) in [6.07, 6.45) is -1.76. The van der Waals surface area contributed by atoms with Gasteiger partial charge in [-0.25, -0.2) is 106 Å². The fourth-order valence-corrected chi connectivity index (χ4v) is 28.2. The Morgan fingerprint density at radius 1 is 0.393 bits per heavy atom. The first-order valence-electron chi connectivity index (χ1n) is 46.2. The van der Waals surface area contributed by atoms with Gasteiger partial charge in [0.05, 0.1) is 90.3 Å². The smallest absolute Gasteiger partial charge is 0.266 e. The van der Waals surface area contributed by atoms with E-state index in [0.717, 1.165) is 37.1 Å². The molecule has 4 aromatic carbocycles. The number of likely N-dealkylation sites (tertiary alicyclic amines) is 1. The average molecular weight is 2070 g/mol. The highest BCUT2D eigenvalue weighted by molar-refractivity contribution is 8.02. The third kappa shape index (κ3) is 20.3. The fraction of sp³-hybridized carbons (Fsp3) is 0.426. The number of nitrogens with one attached hydrogen (secondary N) is 4. The summed E-state index contributed by atoms with van der Waals surface area (Å²) in [4.78, 5) is 109. The maximum Gasteiger partial charge on any atom is 0.266 e. The topological polar surface area (TPSA) is 338 Å². The number of fused-ring (bicyclic) bond motifs is 4. The number of rotatable bonds is 22. The molecule has 768 valence electrons. The third-order valence-electron chi connectivity index (χ3n) is 29.2. The SMILES string of the molecule is C=S1(=O)CC2(CC(OC)(c3cc4c(N[C@H](C)c5cccc(C(F)F)c5F)ncnc4n(C)c3=O)C2)C1.C=S1(=O)CC2(CCC(OC)(c3cc4c(N[C@H](C)c5cccc(C(F)F)c5F)ncnc4n(C)c3=O)CC2)C1.[C-]#[N+]C1(c2cc3c(N[C@H](C)c4cccc(C(F)F)c4F)ncnc3n(C)c2=O)CCN(C(C)=O)CC1.[C-]#[N+]C1(c2cc3c(N[C@H](C)c4cccc(C(F)F)c4F)ncnc3n(C)c2=O)CCS(=C)(=O)CC1. The van der Waals surface area contributed by atoms with Crippen LogP contribution in [0.4, 0.5) is 76.0 Å². The van der Waals surface area contributed by atoms with Crippen molar-refractivity contribution in [3.63, 3.8) is 0 Å². The van der Waals surface area contributed by atoms with E-state index >= 15 is 0 Å². The molecule has 2 spiro atoms. The minimum atomic E-state index is -2.95. The minimum absolute atomic E-state index is 0.00889. The van der Waals surface area contributed by atoms with Gasteiger partial charge in [-0.3, -0.25) is 54.9 Å². The van der Waals surface area contributed by atoms with Crippen molar-refractivity contribution in [2.45, 2.75) is 171 Å². The molecule has 145 heavy (non-hydrogen) atoms. The van der Waals surface area contributed by atoms with Crippen LogP contribution >= 0.6 is 0 Å². The van der Waals surface area contributed by atoms with E-state index in [1.165, 1.54) is 106 Å². The monoisotopic (exact) mass is 2070 g/mol. The Bertz CT molecular complexity index is 7810. The summed E-state index contributed by atoms with van der Waals surface area (Å²) in [6, 6.07) is 19.1. The molecule has 0 unspecified atom stereocenters. The van der Waals surface area contributed by atoms with Crippen molar-refractivity contribution >= 4 is 119 Å². The molecule has 2 aliphatic carbocycles. The molecule has 6 fully saturated rings. The Morgan fingerprint density at radius 2 is 0.655 bits per heavy atom. The van der Waals surface area contributed by atoms with Crippen LogP contribution in [0.15, 0.2) is 142 Å². The summed E-state index contributed by atoms with van der Waals surface area (Å²) in [7, 11) is 3.12. The number of alkyl halides is 8. The van der Waals surface area contributed by atoms with E-state index < -0.39 is 146 Å². The summed E-state index contributed by atoms with van der Waals surface area (Å²) < 4.78 is 219. The molecule has 44 heteroatoms. The molecule has 2 saturated carbocycles. The number of halogens is 12. The van der Waals surface area contributed by atoms with Crippen LogP contribution in [-0.4, -0.2) is 161 Å². The van der Waals surface area contributed by atoms with Crippen molar-refractivity contribution in [2.24, 2.45) is 39.0 Å². The van der Waals surface area contributed by atoms with Gasteiger partial charge in [0.15, 0.2) is 0 Å². The molecule has 12 heterocycles. The van der Waals surface area contributed by atoms with E-state index in [1.54, 1.807) is 92.2 Å². The Labute approximate surface area is 827 Å². The van der Waals surface area contributed by atoms with Crippen LogP contribution in [0, 0.1) is 47.2 Å². The Balaban J connectivity index is 0.000000145. The molecule has 12 aromatic rings. The highest BCUT2D eigenvalue weighted by atomic mass is 32.2. The number of pyridine rings is 4. The number of aromatic nitrogens is 12. The molecule has 4 atom stereocenters. The molecule has 4 saturated heterocycles. The predicted molar refractivity (Wildman–Crippen MR) is 535 cm³/mol. The van der Waals surface area contributed by atoms with E-state index in [1.807, 2.05) is 0 Å². The van der Waals surface area contributed by atoms with Crippen molar-refractivity contribution in [1.29, 1.82) is 0 Å². The summed E-state index contributed by atoms with van der Waals surface area (Å²) >= 11 is 0. The molecule has 18 rings (SSSR count). The van der Waals surface area contributed by atoms with Crippen LogP contribution in [0.5, 0.6) is 0 Å². The average Bonchev–Trinajstić information content (AvgIpc) is 0.687. The van der Waals surface area contributed by atoms with Gasteiger partial charge in [-0.15, -0.1) is 0 Å². The zero-order valence-corrected chi connectivity index (χ0v) is 83.5. The maximum absolute atomic E-state index is 14.8. The molecule has 0 bridgehead atoms. The second kappa shape index (κ2) is 40.7. The van der Waals surface area contributed by atoms with Gasteiger partial charge in [-0.05, 0) is 147 Å². The minimum Gasteiger partial charge on any atom is -0.373 e. The molecule has 6 aliphatic rings. The first-order chi connectivity index (χ1) is 68.4. The Hall–Kier alpha value is -13.2. The van der Waals surface area contributed by atoms with E-state index in [2.05, 4.69) is 88.4 Å². The van der Waals surface area contributed by atoms with Gasteiger partial charge in [0, 0.05) is 145 Å². The van der Waals surface area contributed by atoms with Crippen molar-refractivity contribution in [3.05, 3.63) is 277 Å². The number of amides is 1. The van der Waals surface area contributed by atoms with Crippen LogP contribution in [-0.2, 0) is 93.3 Å². The van der Waals surface area contributed by atoms with E-state index in [4.69, 9.17) is 22.6 Å². The van der Waals surface area contributed by atoms with Crippen LogP contribution in [0.1, 0.15) is 215 Å². The molecular formula is C101H107F12N19O10S3. The van der Waals surface area contributed by atoms with Gasteiger partial charge in [0.2, 0.25) is 5.91 Å². The number of carbonyl (C=O) groups is 1. The maximum atomic E-state index is 14.8. The normalized spacial score (nSPS) is 23.9. The first-order valence-corrected chi connectivity index (χ1v) is 52.4. The zero-order chi connectivity index (χ0) is 105. The lowest BCUT2D eigenvalue weighted by Gasteiger charge is -2.60. The Kier molecular flexibility index (Phi) is 29.8. The van der Waals surface area contributed by atoms with Gasteiger partial charge in [0.1, 0.15) is 106 Å². The molecule has 4 aliphatic heterocycles. The van der Waals surface area contributed by atoms with Gasteiger partial charge < -0.3 is 45.3 Å². The van der Waals surface area contributed by atoms with Crippen LogP contribution in [0.25, 0.3) is 53.8 Å². The lowest BCUT2D eigenvalue weighted by Crippen LogP contribution is -2.64. The van der Waals surface area contributed by atoms with E-state index in [0.29, 0.717) is 142 Å². The number of ether oxygens (including phenoxy) is 2. The van der Waals surface area contributed by atoms with E-state index in [9.17, 15) is 89.3 Å². The number of aryl methyl sites for hydroxylation is 4. The van der Waals surface area contributed by atoms with Crippen molar-refractivity contribution in [2.75, 3.05) is 83.1 Å². The van der Waals surface area contributed by atoms with Crippen LogP contribution in [0.3, 0.4) is 0 Å². The second-order valence-electron chi connectivity index (χ2n) is 38.6.